The molecule has 31 heavy (non-hydrogen) atoms. The first-order chi connectivity index (χ1) is 15.1. The standard InChI is InChI=1S/C27H29N3O/c1-20-19-24(21-11-9-10-12-21)26(25(31)17-18-28-22-13-5-3-6-14-22)27(29-20)30(2)23-15-7-4-8-16-23/h3-8,13-19,21,28H,9-12H2,1-2H3/b18-17+. The van der Waals surface area contributed by atoms with Crippen LogP contribution >= 0.6 is 0 Å². The van der Waals surface area contributed by atoms with E-state index in [4.69, 9.17) is 4.98 Å². The van der Waals surface area contributed by atoms with Crippen molar-refractivity contribution in [3.05, 3.63) is 95.8 Å². The number of allylic oxidation sites excluding steroid dienone is 1. The number of aromatic nitrogens is 1. The molecule has 4 heteroatoms. The van der Waals surface area contributed by atoms with Gasteiger partial charge >= 0.3 is 0 Å². The van der Waals surface area contributed by atoms with Crippen molar-refractivity contribution in [3.8, 4) is 0 Å². The minimum atomic E-state index is -0.0180. The summed E-state index contributed by atoms with van der Waals surface area (Å²) in [5, 5.41) is 3.19. The number of benzene rings is 2. The molecule has 0 bridgehead atoms. The second kappa shape index (κ2) is 9.61. The molecule has 1 aliphatic carbocycles. The first-order valence-corrected chi connectivity index (χ1v) is 11.0. The fourth-order valence-corrected chi connectivity index (χ4v) is 4.34. The van der Waals surface area contributed by atoms with E-state index in [9.17, 15) is 4.79 Å². The summed E-state index contributed by atoms with van der Waals surface area (Å²) < 4.78 is 0. The first-order valence-electron chi connectivity index (χ1n) is 11.0. The summed E-state index contributed by atoms with van der Waals surface area (Å²) in [6.45, 7) is 2.02. The zero-order valence-corrected chi connectivity index (χ0v) is 18.2. The number of ketones is 1. The zero-order valence-electron chi connectivity index (χ0n) is 18.2. The first kappa shape index (κ1) is 20.9. The molecular formula is C27H29N3O. The second-order valence-electron chi connectivity index (χ2n) is 8.14. The van der Waals surface area contributed by atoms with Gasteiger partial charge in [0.1, 0.15) is 5.82 Å². The van der Waals surface area contributed by atoms with Gasteiger partial charge in [0.25, 0.3) is 0 Å². The molecule has 4 rings (SSSR count). The Bertz CT molecular complexity index is 1050. The van der Waals surface area contributed by atoms with Gasteiger partial charge < -0.3 is 10.2 Å². The van der Waals surface area contributed by atoms with Gasteiger partial charge in [-0.25, -0.2) is 4.98 Å². The SMILES string of the molecule is Cc1cc(C2CCCC2)c(C(=O)/C=C/Nc2ccccc2)c(N(C)c2ccccc2)n1. The van der Waals surface area contributed by atoms with Gasteiger partial charge in [-0.3, -0.25) is 4.79 Å². The van der Waals surface area contributed by atoms with E-state index in [1.54, 1.807) is 12.3 Å². The number of para-hydroxylation sites is 2. The van der Waals surface area contributed by atoms with E-state index >= 15 is 0 Å². The van der Waals surface area contributed by atoms with Crippen molar-refractivity contribution in [2.75, 3.05) is 17.3 Å². The molecular weight excluding hydrogens is 382 g/mol. The summed E-state index contributed by atoms with van der Waals surface area (Å²) >= 11 is 0. The number of carbonyl (C=O) groups is 1. The maximum atomic E-state index is 13.5. The van der Waals surface area contributed by atoms with Gasteiger partial charge in [0, 0.05) is 36.4 Å². The van der Waals surface area contributed by atoms with Gasteiger partial charge in [0.05, 0.1) is 5.56 Å². The highest BCUT2D eigenvalue weighted by atomic mass is 16.1. The largest absolute Gasteiger partial charge is 0.362 e. The third-order valence-electron chi connectivity index (χ3n) is 5.92. The van der Waals surface area contributed by atoms with Crippen LogP contribution in [0.4, 0.5) is 17.2 Å². The van der Waals surface area contributed by atoms with Crippen LogP contribution in [0.25, 0.3) is 0 Å². The summed E-state index contributed by atoms with van der Waals surface area (Å²) in [6.07, 6.45) is 8.04. The number of carbonyl (C=O) groups excluding carboxylic acids is 1. The fraction of sp³-hybridized carbons (Fsp3) is 0.259. The molecule has 1 saturated carbocycles. The Labute approximate surface area is 184 Å². The third kappa shape index (κ3) is 4.85. The molecule has 158 valence electrons. The van der Waals surface area contributed by atoms with E-state index in [0.717, 1.165) is 46.9 Å². The maximum Gasteiger partial charge on any atom is 0.191 e. The van der Waals surface area contributed by atoms with Crippen LogP contribution in [0, 0.1) is 6.92 Å². The lowest BCUT2D eigenvalue weighted by atomic mass is 9.90. The molecule has 1 fully saturated rings. The number of aryl methyl sites for hydroxylation is 1. The molecule has 0 atom stereocenters. The molecule has 0 radical (unpaired) electrons. The molecule has 0 unspecified atom stereocenters. The van der Waals surface area contributed by atoms with Gasteiger partial charge in [-0.2, -0.15) is 0 Å². The van der Waals surface area contributed by atoms with Crippen molar-refractivity contribution in [2.24, 2.45) is 0 Å². The molecule has 0 saturated heterocycles. The smallest absolute Gasteiger partial charge is 0.191 e. The van der Waals surface area contributed by atoms with Gasteiger partial charge in [-0.05, 0) is 61.6 Å². The Morgan fingerprint density at radius 2 is 1.68 bits per heavy atom. The maximum absolute atomic E-state index is 13.5. The normalized spacial score (nSPS) is 14.1. The van der Waals surface area contributed by atoms with Crippen LogP contribution in [-0.4, -0.2) is 17.8 Å². The van der Waals surface area contributed by atoms with E-state index in [1.807, 2.05) is 79.5 Å². The topological polar surface area (TPSA) is 45.2 Å². The van der Waals surface area contributed by atoms with Gasteiger partial charge in [-0.1, -0.05) is 49.2 Å². The highest BCUT2D eigenvalue weighted by molar-refractivity contribution is 6.09. The molecule has 2 aromatic carbocycles. The molecule has 1 aliphatic rings. The number of hydrogen-bond acceptors (Lipinski definition) is 4. The van der Waals surface area contributed by atoms with Crippen molar-refractivity contribution in [1.82, 2.24) is 4.98 Å². The monoisotopic (exact) mass is 411 g/mol. The van der Waals surface area contributed by atoms with Crippen molar-refractivity contribution in [2.45, 2.75) is 38.5 Å². The lowest BCUT2D eigenvalue weighted by Crippen LogP contribution is -2.19. The van der Waals surface area contributed by atoms with Gasteiger partial charge in [0.2, 0.25) is 0 Å². The highest BCUT2D eigenvalue weighted by Crippen LogP contribution is 2.39. The number of hydrogen-bond donors (Lipinski definition) is 1. The highest BCUT2D eigenvalue weighted by Gasteiger charge is 2.27. The Kier molecular flexibility index (Phi) is 6.46. The summed E-state index contributed by atoms with van der Waals surface area (Å²) in [5.41, 5.74) is 4.76. The fourth-order valence-electron chi connectivity index (χ4n) is 4.34. The van der Waals surface area contributed by atoms with Crippen molar-refractivity contribution in [3.63, 3.8) is 0 Å². The summed E-state index contributed by atoms with van der Waals surface area (Å²) in [5.74, 6) is 1.12. The van der Waals surface area contributed by atoms with Crippen LogP contribution in [0.15, 0.2) is 79.0 Å². The number of pyridine rings is 1. The van der Waals surface area contributed by atoms with E-state index in [2.05, 4.69) is 11.4 Å². The predicted octanol–water partition coefficient (Wildman–Crippen LogP) is 6.62. The molecule has 3 aromatic rings. The second-order valence-corrected chi connectivity index (χ2v) is 8.14. The van der Waals surface area contributed by atoms with E-state index in [1.165, 1.54) is 12.8 Å². The Hall–Kier alpha value is -3.40. The summed E-state index contributed by atoms with van der Waals surface area (Å²) in [4.78, 5) is 20.3. The van der Waals surface area contributed by atoms with Crippen molar-refractivity contribution >= 4 is 23.0 Å². The van der Waals surface area contributed by atoms with Crippen LogP contribution in [0.2, 0.25) is 0 Å². The molecule has 1 aromatic heterocycles. The molecule has 0 amide bonds. The lowest BCUT2D eigenvalue weighted by molar-refractivity contribution is 0.104. The summed E-state index contributed by atoms with van der Waals surface area (Å²) in [7, 11) is 1.98. The van der Waals surface area contributed by atoms with E-state index in [-0.39, 0.29) is 5.78 Å². The lowest BCUT2D eigenvalue weighted by Gasteiger charge is -2.25. The third-order valence-corrected chi connectivity index (χ3v) is 5.92. The minimum Gasteiger partial charge on any atom is -0.362 e. The number of nitrogens with zero attached hydrogens (tertiary/aromatic N) is 2. The number of rotatable bonds is 7. The van der Waals surface area contributed by atoms with Gasteiger partial charge in [-0.15, -0.1) is 0 Å². The van der Waals surface area contributed by atoms with Crippen LogP contribution in [0.5, 0.6) is 0 Å². The predicted molar refractivity (Wildman–Crippen MR) is 128 cm³/mol. The quantitative estimate of drug-likeness (QED) is 0.350. The average molecular weight is 412 g/mol. The minimum absolute atomic E-state index is 0.0180. The Balaban J connectivity index is 1.73. The van der Waals surface area contributed by atoms with Crippen molar-refractivity contribution in [1.29, 1.82) is 0 Å². The molecule has 0 spiro atoms. The Morgan fingerprint density at radius 3 is 2.35 bits per heavy atom. The van der Waals surface area contributed by atoms with Crippen LogP contribution in [0.3, 0.4) is 0 Å². The molecule has 1 N–H and O–H groups in total. The summed E-state index contributed by atoms with van der Waals surface area (Å²) in [6, 6.07) is 22.0. The van der Waals surface area contributed by atoms with Crippen LogP contribution in [0.1, 0.15) is 53.2 Å². The zero-order chi connectivity index (χ0) is 21.6. The number of nitrogens with one attached hydrogen (secondary N) is 1. The average Bonchev–Trinajstić information content (AvgIpc) is 3.34. The number of anilines is 3. The van der Waals surface area contributed by atoms with E-state index < -0.39 is 0 Å². The van der Waals surface area contributed by atoms with Crippen LogP contribution in [-0.2, 0) is 0 Å². The molecule has 1 heterocycles. The molecule has 4 nitrogen and oxygen atoms in total. The van der Waals surface area contributed by atoms with E-state index in [0.29, 0.717) is 5.92 Å². The van der Waals surface area contributed by atoms with Crippen molar-refractivity contribution < 1.29 is 4.79 Å². The molecule has 0 aliphatic heterocycles. The van der Waals surface area contributed by atoms with Crippen LogP contribution < -0.4 is 10.2 Å². The van der Waals surface area contributed by atoms with Gasteiger partial charge in [0.15, 0.2) is 5.78 Å². The Morgan fingerprint density at radius 1 is 1.03 bits per heavy atom.